The highest BCUT2D eigenvalue weighted by atomic mass is 16.5. The first kappa shape index (κ1) is 25.2. The number of nitrogens with zero attached hydrogens (tertiary/aromatic N) is 1. The molecule has 6 heteroatoms. The Morgan fingerprint density at radius 2 is 1.69 bits per heavy atom. The van der Waals surface area contributed by atoms with Crippen molar-refractivity contribution in [3.63, 3.8) is 0 Å². The Bertz CT molecular complexity index is 854. The Morgan fingerprint density at radius 1 is 0.969 bits per heavy atom. The van der Waals surface area contributed by atoms with Crippen LogP contribution in [-0.2, 0) is 22.6 Å². The van der Waals surface area contributed by atoms with Gasteiger partial charge in [-0.1, -0.05) is 56.7 Å². The highest BCUT2D eigenvalue weighted by molar-refractivity contribution is 5.87. The molecule has 0 fully saturated rings. The quantitative estimate of drug-likeness (QED) is 0.470. The van der Waals surface area contributed by atoms with Crippen LogP contribution in [0.25, 0.3) is 0 Å². The van der Waals surface area contributed by atoms with Gasteiger partial charge in [-0.3, -0.25) is 9.59 Å². The first-order chi connectivity index (χ1) is 15.5. The van der Waals surface area contributed by atoms with Crippen molar-refractivity contribution in [1.29, 1.82) is 0 Å². The third-order valence-electron chi connectivity index (χ3n) is 5.49. The van der Waals surface area contributed by atoms with Crippen LogP contribution in [0.5, 0.6) is 11.5 Å². The lowest BCUT2D eigenvalue weighted by Crippen LogP contribution is -2.49. The first-order valence-corrected chi connectivity index (χ1v) is 11.4. The molecule has 0 radical (unpaired) electrons. The third kappa shape index (κ3) is 7.29. The molecular weight excluding hydrogens is 404 g/mol. The summed E-state index contributed by atoms with van der Waals surface area (Å²) in [6.45, 7) is 5.07. The fraction of sp³-hybridized carbons (Fsp3) is 0.462. The van der Waals surface area contributed by atoms with Crippen molar-refractivity contribution in [3.8, 4) is 11.5 Å². The maximum absolute atomic E-state index is 13.3. The van der Waals surface area contributed by atoms with E-state index in [0.29, 0.717) is 43.9 Å². The number of aryl methyl sites for hydroxylation is 1. The molecule has 2 amide bonds. The van der Waals surface area contributed by atoms with Gasteiger partial charge in [0, 0.05) is 19.5 Å². The number of carbonyl (C=O) groups is 2. The van der Waals surface area contributed by atoms with Crippen molar-refractivity contribution in [2.45, 2.75) is 58.5 Å². The van der Waals surface area contributed by atoms with Crippen LogP contribution in [0.2, 0.25) is 0 Å². The standard InChI is InChI=1S/C26H36N2O4/c1-5-7-17-27-26(30)22(6-2)28(19-21-11-9-8-10-12-21)25(29)16-14-20-13-15-23(31-3)24(18-20)32-4/h8-13,15,18,22H,5-7,14,16-17,19H2,1-4H3,(H,27,30)/t22-/m0/s1. The predicted molar refractivity (Wildman–Crippen MR) is 127 cm³/mol. The fourth-order valence-corrected chi connectivity index (χ4v) is 3.64. The second kappa shape index (κ2) is 13.4. The summed E-state index contributed by atoms with van der Waals surface area (Å²) in [5.74, 6) is 1.17. The van der Waals surface area contributed by atoms with Crippen LogP contribution in [0.1, 0.15) is 50.7 Å². The molecule has 0 unspecified atom stereocenters. The van der Waals surface area contributed by atoms with E-state index in [-0.39, 0.29) is 11.8 Å². The molecule has 32 heavy (non-hydrogen) atoms. The van der Waals surface area contributed by atoms with Crippen LogP contribution in [0, 0.1) is 0 Å². The first-order valence-electron chi connectivity index (χ1n) is 11.4. The minimum absolute atomic E-state index is 0.0406. The van der Waals surface area contributed by atoms with Gasteiger partial charge in [-0.15, -0.1) is 0 Å². The number of rotatable bonds is 13. The number of methoxy groups -OCH3 is 2. The van der Waals surface area contributed by atoms with E-state index in [1.54, 1.807) is 19.1 Å². The van der Waals surface area contributed by atoms with E-state index in [9.17, 15) is 9.59 Å². The molecule has 0 aromatic heterocycles. The van der Waals surface area contributed by atoms with Crippen molar-refractivity contribution in [1.82, 2.24) is 10.2 Å². The Kier molecular flexibility index (Phi) is 10.6. The number of unbranched alkanes of at least 4 members (excludes halogenated alkanes) is 1. The van der Waals surface area contributed by atoms with Gasteiger partial charge in [-0.05, 0) is 42.5 Å². The van der Waals surface area contributed by atoms with Gasteiger partial charge in [0.1, 0.15) is 6.04 Å². The molecule has 0 saturated heterocycles. The van der Waals surface area contributed by atoms with Gasteiger partial charge >= 0.3 is 0 Å². The molecule has 0 saturated carbocycles. The van der Waals surface area contributed by atoms with E-state index >= 15 is 0 Å². The smallest absolute Gasteiger partial charge is 0.242 e. The average Bonchev–Trinajstić information content (AvgIpc) is 2.83. The SMILES string of the molecule is CCCCNC(=O)[C@H](CC)N(Cc1ccccc1)C(=O)CCc1ccc(OC)c(OC)c1. The van der Waals surface area contributed by atoms with E-state index in [1.165, 1.54) is 0 Å². The lowest BCUT2D eigenvalue weighted by molar-refractivity contribution is -0.141. The molecule has 0 heterocycles. The Morgan fingerprint density at radius 3 is 2.31 bits per heavy atom. The van der Waals surface area contributed by atoms with Gasteiger partial charge in [-0.25, -0.2) is 0 Å². The van der Waals surface area contributed by atoms with Crippen molar-refractivity contribution in [3.05, 3.63) is 59.7 Å². The van der Waals surface area contributed by atoms with E-state index in [2.05, 4.69) is 12.2 Å². The normalized spacial score (nSPS) is 11.5. The van der Waals surface area contributed by atoms with Crippen LogP contribution in [0.3, 0.4) is 0 Å². The number of nitrogens with one attached hydrogen (secondary N) is 1. The summed E-state index contributed by atoms with van der Waals surface area (Å²) in [7, 11) is 3.19. The maximum atomic E-state index is 13.3. The van der Waals surface area contributed by atoms with Crippen LogP contribution in [0.4, 0.5) is 0 Å². The highest BCUT2D eigenvalue weighted by Gasteiger charge is 2.28. The van der Waals surface area contributed by atoms with Crippen molar-refractivity contribution in [2.24, 2.45) is 0 Å². The van der Waals surface area contributed by atoms with Crippen LogP contribution in [-0.4, -0.2) is 43.5 Å². The number of benzene rings is 2. The van der Waals surface area contributed by atoms with Crippen molar-refractivity contribution < 1.29 is 19.1 Å². The Hall–Kier alpha value is -3.02. The average molecular weight is 441 g/mol. The van der Waals surface area contributed by atoms with Gasteiger partial charge in [0.05, 0.1) is 14.2 Å². The maximum Gasteiger partial charge on any atom is 0.242 e. The van der Waals surface area contributed by atoms with Crippen LogP contribution in [0.15, 0.2) is 48.5 Å². The number of hydrogen-bond donors (Lipinski definition) is 1. The van der Waals surface area contributed by atoms with Gasteiger partial charge in [0.2, 0.25) is 11.8 Å². The molecule has 0 aliphatic rings. The minimum Gasteiger partial charge on any atom is -0.493 e. The highest BCUT2D eigenvalue weighted by Crippen LogP contribution is 2.28. The van der Waals surface area contributed by atoms with Gasteiger partial charge in [-0.2, -0.15) is 0 Å². The van der Waals surface area contributed by atoms with E-state index in [1.807, 2.05) is 55.5 Å². The molecular formula is C26H36N2O4. The Labute approximate surface area is 191 Å². The molecule has 6 nitrogen and oxygen atoms in total. The second-order valence-electron chi connectivity index (χ2n) is 7.77. The van der Waals surface area contributed by atoms with Gasteiger partial charge in [0.25, 0.3) is 0 Å². The molecule has 1 atom stereocenters. The molecule has 1 N–H and O–H groups in total. The van der Waals surface area contributed by atoms with E-state index in [4.69, 9.17) is 9.47 Å². The second-order valence-corrected chi connectivity index (χ2v) is 7.77. The van der Waals surface area contributed by atoms with Gasteiger partial charge < -0.3 is 19.7 Å². The van der Waals surface area contributed by atoms with E-state index < -0.39 is 6.04 Å². The number of ether oxygens (including phenoxy) is 2. The summed E-state index contributed by atoms with van der Waals surface area (Å²) in [4.78, 5) is 27.9. The van der Waals surface area contributed by atoms with Crippen LogP contribution >= 0.6 is 0 Å². The monoisotopic (exact) mass is 440 g/mol. The fourth-order valence-electron chi connectivity index (χ4n) is 3.64. The molecule has 2 aromatic rings. The molecule has 2 rings (SSSR count). The summed E-state index contributed by atoms with van der Waals surface area (Å²) in [6.07, 6.45) is 3.36. The summed E-state index contributed by atoms with van der Waals surface area (Å²) < 4.78 is 10.7. The molecule has 0 bridgehead atoms. The topological polar surface area (TPSA) is 67.9 Å². The largest absolute Gasteiger partial charge is 0.493 e. The number of amides is 2. The zero-order chi connectivity index (χ0) is 23.3. The summed E-state index contributed by atoms with van der Waals surface area (Å²) >= 11 is 0. The van der Waals surface area contributed by atoms with Crippen LogP contribution < -0.4 is 14.8 Å². The lowest BCUT2D eigenvalue weighted by Gasteiger charge is -2.31. The third-order valence-corrected chi connectivity index (χ3v) is 5.49. The predicted octanol–water partition coefficient (Wildman–Crippen LogP) is 4.36. The summed E-state index contributed by atoms with van der Waals surface area (Å²) in [6, 6.07) is 15.0. The number of carbonyl (C=O) groups excluding carboxylic acids is 2. The summed E-state index contributed by atoms with van der Waals surface area (Å²) in [5, 5.41) is 2.99. The molecule has 0 spiro atoms. The zero-order valence-electron chi connectivity index (χ0n) is 19.7. The zero-order valence-corrected chi connectivity index (χ0v) is 19.7. The van der Waals surface area contributed by atoms with Gasteiger partial charge in [0.15, 0.2) is 11.5 Å². The molecule has 0 aliphatic heterocycles. The number of hydrogen-bond acceptors (Lipinski definition) is 4. The molecule has 0 aliphatic carbocycles. The molecule has 174 valence electrons. The van der Waals surface area contributed by atoms with Crippen molar-refractivity contribution >= 4 is 11.8 Å². The lowest BCUT2D eigenvalue weighted by atomic mass is 10.1. The Balaban J connectivity index is 2.16. The van der Waals surface area contributed by atoms with Crippen molar-refractivity contribution in [2.75, 3.05) is 20.8 Å². The minimum atomic E-state index is -0.495. The molecule has 2 aromatic carbocycles. The van der Waals surface area contributed by atoms with E-state index in [0.717, 1.165) is 24.0 Å². The summed E-state index contributed by atoms with van der Waals surface area (Å²) in [5.41, 5.74) is 1.99.